The molecule has 31 heavy (non-hydrogen) atoms. The summed E-state index contributed by atoms with van der Waals surface area (Å²) in [6.07, 6.45) is 1.93. The van der Waals surface area contributed by atoms with E-state index in [9.17, 15) is 13.6 Å². The molecule has 1 atom stereocenters. The van der Waals surface area contributed by atoms with Crippen molar-refractivity contribution in [2.45, 2.75) is 19.3 Å². The van der Waals surface area contributed by atoms with E-state index >= 15 is 0 Å². The van der Waals surface area contributed by atoms with Crippen molar-refractivity contribution >= 4 is 17.4 Å². The van der Waals surface area contributed by atoms with E-state index in [4.69, 9.17) is 4.74 Å². The quantitative estimate of drug-likeness (QED) is 0.642. The molecule has 0 radical (unpaired) electrons. The standard InChI is InChI=1S/C23H22F2N4O2/c1-15-10-18(28-22-7-6-17(24)12-26-22)11-20(27-15)16-8-9-29(13-16)23(30)14-31-21-5-3-2-4-19(21)25/h2-7,10-12,16H,8-9,13-14H2,1H3,(H,26,27,28)/t16-/m0/s1. The molecule has 8 heteroatoms. The molecular formula is C23H22F2N4O2. The Labute approximate surface area is 178 Å². The number of amides is 1. The van der Waals surface area contributed by atoms with Crippen LogP contribution in [-0.4, -0.2) is 40.5 Å². The Morgan fingerprint density at radius 1 is 1.23 bits per heavy atom. The highest BCUT2D eigenvalue weighted by molar-refractivity contribution is 5.78. The molecule has 3 heterocycles. The van der Waals surface area contributed by atoms with Crippen molar-refractivity contribution in [1.82, 2.24) is 14.9 Å². The lowest BCUT2D eigenvalue weighted by Crippen LogP contribution is -2.33. The van der Waals surface area contributed by atoms with E-state index in [1.54, 1.807) is 23.1 Å². The third kappa shape index (κ3) is 5.14. The van der Waals surface area contributed by atoms with Crippen LogP contribution in [0.15, 0.2) is 54.7 Å². The zero-order chi connectivity index (χ0) is 21.8. The van der Waals surface area contributed by atoms with E-state index in [0.29, 0.717) is 18.9 Å². The fourth-order valence-electron chi connectivity index (χ4n) is 3.59. The molecule has 1 aliphatic heterocycles. The summed E-state index contributed by atoms with van der Waals surface area (Å²) in [4.78, 5) is 22.9. The third-order valence-corrected chi connectivity index (χ3v) is 5.12. The zero-order valence-electron chi connectivity index (χ0n) is 17.0. The van der Waals surface area contributed by atoms with Crippen molar-refractivity contribution in [2.24, 2.45) is 0 Å². The van der Waals surface area contributed by atoms with Crippen LogP contribution in [0.2, 0.25) is 0 Å². The van der Waals surface area contributed by atoms with Crippen LogP contribution in [0.3, 0.4) is 0 Å². The van der Waals surface area contributed by atoms with E-state index in [2.05, 4.69) is 15.3 Å². The van der Waals surface area contributed by atoms with Gasteiger partial charge >= 0.3 is 0 Å². The second-order valence-electron chi connectivity index (χ2n) is 7.45. The van der Waals surface area contributed by atoms with Crippen molar-refractivity contribution in [3.05, 3.63) is 77.8 Å². The van der Waals surface area contributed by atoms with Gasteiger partial charge in [-0.25, -0.2) is 13.8 Å². The lowest BCUT2D eigenvalue weighted by atomic mass is 10.0. The smallest absolute Gasteiger partial charge is 0.260 e. The summed E-state index contributed by atoms with van der Waals surface area (Å²) >= 11 is 0. The number of aryl methyl sites for hydroxylation is 1. The van der Waals surface area contributed by atoms with E-state index in [-0.39, 0.29) is 24.2 Å². The number of aromatic nitrogens is 2. The van der Waals surface area contributed by atoms with Gasteiger partial charge in [0.05, 0.1) is 6.20 Å². The van der Waals surface area contributed by atoms with Gasteiger partial charge in [-0.1, -0.05) is 12.1 Å². The maximum absolute atomic E-state index is 13.7. The van der Waals surface area contributed by atoms with Crippen molar-refractivity contribution < 1.29 is 18.3 Å². The number of nitrogens with zero attached hydrogens (tertiary/aromatic N) is 3. The Morgan fingerprint density at radius 3 is 2.84 bits per heavy atom. The minimum absolute atomic E-state index is 0.0667. The first-order chi connectivity index (χ1) is 15.0. The van der Waals surface area contributed by atoms with Gasteiger partial charge < -0.3 is 15.0 Å². The first-order valence-electron chi connectivity index (χ1n) is 10.0. The van der Waals surface area contributed by atoms with Gasteiger partial charge in [0.1, 0.15) is 11.6 Å². The van der Waals surface area contributed by atoms with Gasteiger partial charge in [0, 0.05) is 36.1 Å². The number of likely N-dealkylation sites (tertiary alicyclic amines) is 1. The second kappa shape index (κ2) is 9.07. The summed E-state index contributed by atoms with van der Waals surface area (Å²) in [5.74, 6) is -0.393. The van der Waals surface area contributed by atoms with Crippen LogP contribution in [0.25, 0.3) is 0 Å². The maximum atomic E-state index is 13.7. The van der Waals surface area contributed by atoms with Gasteiger partial charge in [0.25, 0.3) is 5.91 Å². The molecule has 160 valence electrons. The number of anilines is 2. The molecule has 1 fully saturated rings. The number of ether oxygens (including phenoxy) is 1. The number of pyridine rings is 2. The normalized spacial score (nSPS) is 15.7. The van der Waals surface area contributed by atoms with E-state index in [1.165, 1.54) is 18.2 Å². The van der Waals surface area contributed by atoms with Crippen LogP contribution in [0, 0.1) is 18.6 Å². The molecule has 0 aliphatic carbocycles. The molecule has 1 aliphatic rings. The molecule has 4 rings (SSSR count). The van der Waals surface area contributed by atoms with Gasteiger partial charge in [-0.15, -0.1) is 0 Å². The maximum Gasteiger partial charge on any atom is 0.260 e. The average molecular weight is 424 g/mol. The van der Waals surface area contributed by atoms with Crippen LogP contribution < -0.4 is 10.1 Å². The Balaban J connectivity index is 1.39. The fourth-order valence-corrected chi connectivity index (χ4v) is 3.59. The summed E-state index contributed by atoms with van der Waals surface area (Å²) in [5.41, 5.74) is 2.50. The van der Waals surface area contributed by atoms with E-state index < -0.39 is 11.6 Å². The fraction of sp³-hybridized carbons (Fsp3) is 0.261. The Bertz CT molecular complexity index is 1080. The molecular weight excluding hydrogens is 402 g/mol. The molecule has 1 aromatic carbocycles. The summed E-state index contributed by atoms with van der Waals surface area (Å²) in [6.45, 7) is 2.79. The average Bonchev–Trinajstić information content (AvgIpc) is 3.25. The summed E-state index contributed by atoms with van der Waals surface area (Å²) in [6, 6.07) is 12.7. The number of carbonyl (C=O) groups is 1. The zero-order valence-corrected chi connectivity index (χ0v) is 17.0. The Kier molecular flexibility index (Phi) is 6.06. The van der Waals surface area contributed by atoms with Crippen molar-refractivity contribution in [3.63, 3.8) is 0 Å². The number of hydrogen-bond acceptors (Lipinski definition) is 5. The molecule has 6 nitrogen and oxygen atoms in total. The van der Waals surface area contributed by atoms with Crippen molar-refractivity contribution in [3.8, 4) is 5.75 Å². The third-order valence-electron chi connectivity index (χ3n) is 5.12. The number of rotatable bonds is 6. The Hall–Kier alpha value is -3.55. The SMILES string of the molecule is Cc1cc(Nc2ccc(F)cn2)cc([C@H]2CCN(C(=O)COc3ccccc3F)C2)n1. The van der Waals surface area contributed by atoms with E-state index in [1.807, 2.05) is 19.1 Å². The topological polar surface area (TPSA) is 67.4 Å². The summed E-state index contributed by atoms with van der Waals surface area (Å²) in [7, 11) is 0. The number of halogens is 2. The monoisotopic (exact) mass is 424 g/mol. The van der Waals surface area contributed by atoms with Crippen molar-refractivity contribution in [2.75, 3.05) is 25.0 Å². The Morgan fingerprint density at radius 2 is 2.06 bits per heavy atom. The van der Waals surface area contributed by atoms with E-state index in [0.717, 1.165) is 29.7 Å². The molecule has 0 spiro atoms. The van der Waals surface area contributed by atoms with Gasteiger partial charge in [-0.05, 0) is 49.7 Å². The summed E-state index contributed by atoms with van der Waals surface area (Å²) < 4.78 is 32.1. The second-order valence-corrected chi connectivity index (χ2v) is 7.45. The molecule has 0 unspecified atom stereocenters. The highest BCUT2D eigenvalue weighted by Gasteiger charge is 2.29. The minimum atomic E-state index is -0.491. The number of benzene rings is 1. The lowest BCUT2D eigenvalue weighted by Gasteiger charge is -2.17. The number of nitrogens with one attached hydrogen (secondary N) is 1. The highest BCUT2D eigenvalue weighted by atomic mass is 19.1. The van der Waals surface area contributed by atoms with Crippen LogP contribution >= 0.6 is 0 Å². The summed E-state index contributed by atoms with van der Waals surface area (Å²) in [5, 5.41) is 3.16. The van der Waals surface area contributed by atoms with Gasteiger partial charge in [0.2, 0.25) is 0 Å². The van der Waals surface area contributed by atoms with Crippen LogP contribution in [0.5, 0.6) is 5.75 Å². The van der Waals surface area contributed by atoms with Gasteiger partial charge in [-0.2, -0.15) is 0 Å². The lowest BCUT2D eigenvalue weighted by molar-refractivity contribution is -0.132. The molecule has 3 aromatic rings. The number of hydrogen-bond donors (Lipinski definition) is 1. The molecule has 2 aromatic heterocycles. The minimum Gasteiger partial charge on any atom is -0.481 e. The molecule has 0 saturated carbocycles. The predicted molar refractivity (Wildman–Crippen MR) is 112 cm³/mol. The molecule has 1 N–H and O–H groups in total. The van der Waals surface area contributed by atoms with Gasteiger partial charge in [0.15, 0.2) is 18.2 Å². The molecule has 0 bridgehead atoms. The van der Waals surface area contributed by atoms with Crippen LogP contribution in [-0.2, 0) is 4.79 Å². The molecule has 1 amide bonds. The number of para-hydroxylation sites is 1. The molecule has 1 saturated heterocycles. The highest BCUT2D eigenvalue weighted by Crippen LogP contribution is 2.29. The number of carbonyl (C=O) groups excluding carboxylic acids is 1. The predicted octanol–water partition coefficient (Wildman–Crippen LogP) is 4.20. The largest absolute Gasteiger partial charge is 0.481 e. The van der Waals surface area contributed by atoms with Crippen molar-refractivity contribution in [1.29, 1.82) is 0 Å². The first kappa shape index (κ1) is 20.7. The van der Waals surface area contributed by atoms with Gasteiger partial charge in [-0.3, -0.25) is 9.78 Å². The first-order valence-corrected chi connectivity index (χ1v) is 10.0. The van der Waals surface area contributed by atoms with Crippen LogP contribution in [0.1, 0.15) is 23.7 Å². The van der Waals surface area contributed by atoms with Crippen LogP contribution in [0.4, 0.5) is 20.3 Å².